The molecule has 1 heterocycles. The van der Waals surface area contributed by atoms with Crippen LogP contribution in [-0.2, 0) is 11.3 Å². The number of halogens is 2. The number of hydrogen-bond donors (Lipinski definition) is 1. The molecule has 5 nitrogen and oxygen atoms in total. The van der Waals surface area contributed by atoms with Gasteiger partial charge in [-0.2, -0.15) is 5.10 Å². The van der Waals surface area contributed by atoms with Crippen molar-refractivity contribution in [1.29, 1.82) is 0 Å². The minimum Gasteiger partial charge on any atom is -0.314 e. The Morgan fingerprint density at radius 2 is 1.71 bits per heavy atom. The lowest BCUT2D eigenvalue weighted by Crippen LogP contribution is -2.20. The van der Waals surface area contributed by atoms with Crippen LogP contribution in [-0.4, -0.2) is 27.4 Å². The maximum Gasteiger partial charge on any atom is 0.250 e. The highest BCUT2D eigenvalue weighted by molar-refractivity contribution is 7.99. The molecule has 0 saturated carbocycles. The van der Waals surface area contributed by atoms with Gasteiger partial charge in [0.25, 0.3) is 5.91 Å². The van der Waals surface area contributed by atoms with E-state index < -0.39 is 0 Å². The molecule has 0 atom stereocenters. The van der Waals surface area contributed by atoms with Gasteiger partial charge in [0, 0.05) is 5.56 Å². The van der Waals surface area contributed by atoms with Gasteiger partial charge in [0.15, 0.2) is 5.16 Å². The molecular weight excluding hydrogens is 451 g/mol. The molecule has 4 aromatic rings. The van der Waals surface area contributed by atoms with Crippen molar-refractivity contribution >= 4 is 58.1 Å². The first-order chi connectivity index (χ1) is 15.1. The Bertz CT molecular complexity index is 1220. The van der Waals surface area contributed by atoms with E-state index >= 15 is 0 Å². The van der Waals surface area contributed by atoms with Gasteiger partial charge in [-0.25, -0.2) is 10.4 Å². The predicted molar refractivity (Wildman–Crippen MR) is 128 cm³/mol. The molecule has 1 aromatic heterocycles. The number of amides is 1. The first-order valence-corrected chi connectivity index (χ1v) is 11.2. The number of aromatic nitrogens is 2. The summed E-state index contributed by atoms with van der Waals surface area (Å²) in [6, 6.07) is 23.3. The summed E-state index contributed by atoms with van der Waals surface area (Å²) in [5, 5.41) is 5.68. The van der Waals surface area contributed by atoms with Crippen LogP contribution in [0.2, 0.25) is 10.0 Å². The fraction of sp³-hybridized carbons (Fsp3) is 0.0870. The molecule has 0 aliphatic carbocycles. The van der Waals surface area contributed by atoms with E-state index in [-0.39, 0.29) is 11.7 Å². The van der Waals surface area contributed by atoms with Crippen molar-refractivity contribution in [2.24, 2.45) is 5.10 Å². The number of fused-ring (bicyclic) bond motifs is 1. The van der Waals surface area contributed by atoms with Crippen LogP contribution in [0.3, 0.4) is 0 Å². The number of hydrogen-bond acceptors (Lipinski definition) is 4. The third-order valence-electron chi connectivity index (χ3n) is 4.52. The van der Waals surface area contributed by atoms with E-state index in [9.17, 15) is 4.79 Å². The lowest BCUT2D eigenvalue weighted by atomic mass is 10.2. The third-order valence-corrected chi connectivity index (χ3v) is 6.15. The molecule has 0 saturated heterocycles. The van der Waals surface area contributed by atoms with Gasteiger partial charge < -0.3 is 4.57 Å². The highest BCUT2D eigenvalue weighted by Gasteiger charge is 2.13. The molecule has 0 spiro atoms. The summed E-state index contributed by atoms with van der Waals surface area (Å²) >= 11 is 13.6. The Hall–Kier alpha value is -2.80. The molecule has 1 amide bonds. The summed E-state index contributed by atoms with van der Waals surface area (Å²) < 4.78 is 2.12. The minimum absolute atomic E-state index is 0.172. The summed E-state index contributed by atoms with van der Waals surface area (Å²) in [4.78, 5) is 17.0. The van der Waals surface area contributed by atoms with Crippen LogP contribution >= 0.6 is 35.0 Å². The second kappa shape index (κ2) is 10.0. The number of benzene rings is 3. The van der Waals surface area contributed by atoms with Crippen LogP contribution in [0.15, 0.2) is 83.1 Å². The maximum atomic E-state index is 12.3. The highest BCUT2D eigenvalue weighted by atomic mass is 35.5. The van der Waals surface area contributed by atoms with Gasteiger partial charge in [-0.3, -0.25) is 4.79 Å². The number of para-hydroxylation sites is 2. The maximum absolute atomic E-state index is 12.3. The zero-order valence-electron chi connectivity index (χ0n) is 16.3. The van der Waals surface area contributed by atoms with Crippen molar-refractivity contribution < 1.29 is 4.79 Å². The number of nitrogens with one attached hydrogen (secondary N) is 1. The lowest BCUT2D eigenvalue weighted by molar-refractivity contribution is -0.118. The van der Waals surface area contributed by atoms with Crippen LogP contribution in [0, 0.1) is 0 Å². The van der Waals surface area contributed by atoms with E-state index in [1.54, 1.807) is 18.2 Å². The third kappa shape index (κ3) is 5.28. The van der Waals surface area contributed by atoms with Crippen molar-refractivity contribution in [3.8, 4) is 0 Å². The van der Waals surface area contributed by atoms with Crippen LogP contribution in [0.1, 0.15) is 11.1 Å². The molecule has 4 rings (SSSR count). The Morgan fingerprint density at radius 3 is 2.48 bits per heavy atom. The van der Waals surface area contributed by atoms with Gasteiger partial charge >= 0.3 is 0 Å². The molecule has 8 heteroatoms. The van der Waals surface area contributed by atoms with Crippen LogP contribution in [0.4, 0.5) is 0 Å². The summed E-state index contributed by atoms with van der Waals surface area (Å²) in [5.41, 5.74) is 6.16. The Balaban J connectivity index is 1.45. The van der Waals surface area contributed by atoms with Gasteiger partial charge in [-0.05, 0) is 29.8 Å². The van der Waals surface area contributed by atoms with Gasteiger partial charge in [0.2, 0.25) is 0 Å². The van der Waals surface area contributed by atoms with Crippen LogP contribution < -0.4 is 5.43 Å². The van der Waals surface area contributed by atoms with Crippen molar-refractivity contribution in [3.63, 3.8) is 0 Å². The smallest absolute Gasteiger partial charge is 0.250 e. The van der Waals surface area contributed by atoms with Gasteiger partial charge in [0.1, 0.15) is 0 Å². The van der Waals surface area contributed by atoms with Crippen LogP contribution in [0.25, 0.3) is 11.0 Å². The fourth-order valence-corrected chi connectivity index (χ4v) is 4.35. The van der Waals surface area contributed by atoms with Gasteiger partial charge in [-0.15, -0.1) is 0 Å². The Morgan fingerprint density at radius 1 is 1.00 bits per heavy atom. The molecule has 3 aromatic carbocycles. The van der Waals surface area contributed by atoms with Crippen LogP contribution in [0.5, 0.6) is 0 Å². The Kier molecular flexibility index (Phi) is 6.92. The van der Waals surface area contributed by atoms with E-state index in [4.69, 9.17) is 28.2 Å². The summed E-state index contributed by atoms with van der Waals surface area (Å²) in [5.74, 6) is -0.0751. The monoisotopic (exact) mass is 468 g/mol. The number of thioether (sulfide) groups is 1. The number of carbonyl (C=O) groups is 1. The van der Waals surface area contributed by atoms with Crippen molar-refractivity contribution in [2.45, 2.75) is 11.7 Å². The van der Waals surface area contributed by atoms with Gasteiger partial charge in [-0.1, -0.05) is 83.5 Å². The summed E-state index contributed by atoms with van der Waals surface area (Å²) in [6.07, 6.45) is 1.44. The number of hydrazone groups is 1. The van der Waals surface area contributed by atoms with E-state index in [2.05, 4.69) is 27.2 Å². The van der Waals surface area contributed by atoms with Crippen molar-refractivity contribution in [2.75, 3.05) is 5.75 Å². The first kappa shape index (κ1) is 21.4. The van der Waals surface area contributed by atoms with Gasteiger partial charge in [0.05, 0.1) is 39.6 Å². The van der Waals surface area contributed by atoms with E-state index in [1.165, 1.54) is 18.0 Å². The molecule has 0 aliphatic heterocycles. The average molecular weight is 469 g/mol. The minimum atomic E-state index is -0.247. The number of carbonyl (C=O) groups excluding carboxylic acids is 1. The second-order valence-corrected chi connectivity index (χ2v) is 8.43. The molecule has 0 aliphatic rings. The van der Waals surface area contributed by atoms with E-state index in [1.807, 2.05) is 42.5 Å². The highest BCUT2D eigenvalue weighted by Crippen LogP contribution is 2.25. The molecular formula is C23H18Cl2N4OS. The summed E-state index contributed by atoms with van der Waals surface area (Å²) in [7, 11) is 0. The molecule has 0 radical (unpaired) electrons. The topological polar surface area (TPSA) is 59.3 Å². The predicted octanol–water partition coefficient (Wildman–Crippen LogP) is 5.63. The largest absolute Gasteiger partial charge is 0.314 e. The lowest BCUT2D eigenvalue weighted by Gasteiger charge is -2.09. The molecule has 156 valence electrons. The molecule has 0 unspecified atom stereocenters. The molecule has 0 fully saturated rings. The number of rotatable bonds is 7. The number of imidazole rings is 1. The Labute approximate surface area is 194 Å². The van der Waals surface area contributed by atoms with Crippen molar-refractivity contribution in [1.82, 2.24) is 15.0 Å². The molecule has 31 heavy (non-hydrogen) atoms. The summed E-state index contributed by atoms with van der Waals surface area (Å²) in [6.45, 7) is 0.675. The van der Waals surface area contributed by atoms with E-state index in [0.717, 1.165) is 21.8 Å². The SMILES string of the molecule is O=C(CSc1nc2ccccc2n1Cc1ccccc1)N/N=C\c1c(Cl)cccc1Cl. The first-order valence-electron chi connectivity index (χ1n) is 9.50. The van der Waals surface area contributed by atoms with Crippen molar-refractivity contribution in [3.05, 3.63) is 94.0 Å². The zero-order valence-corrected chi connectivity index (χ0v) is 18.7. The number of nitrogens with zero attached hydrogens (tertiary/aromatic N) is 3. The quantitative estimate of drug-likeness (QED) is 0.217. The second-order valence-electron chi connectivity index (χ2n) is 6.67. The standard InChI is InChI=1S/C23H18Cl2N4OS/c24-18-9-6-10-19(25)17(18)13-26-28-22(30)15-31-23-27-20-11-4-5-12-21(20)29(23)14-16-7-2-1-3-8-16/h1-13H,14-15H2,(H,28,30)/b26-13-. The average Bonchev–Trinajstić information content (AvgIpc) is 3.12. The van der Waals surface area contributed by atoms with E-state index in [0.29, 0.717) is 22.2 Å². The molecule has 1 N–H and O–H groups in total. The zero-order chi connectivity index (χ0) is 21.6. The normalized spacial score (nSPS) is 11.3. The fourth-order valence-electron chi connectivity index (χ4n) is 3.05. The molecule has 0 bridgehead atoms.